The van der Waals surface area contributed by atoms with Gasteiger partial charge in [0.15, 0.2) is 5.78 Å². The maximum absolute atomic E-state index is 13.5. The van der Waals surface area contributed by atoms with Gasteiger partial charge in [0.25, 0.3) is 0 Å². The van der Waals surface area contributed by atoms with Crippen LogP contribution in [0.1, 0.15) is 82.9 Å². The number of carbonyl (C=O) groups is 1. The van der Waals surface area contributed by atoms with Gasteiger partial charge in [-0.3, -0.25) is 9.48 Å². The van der Waals surface area contributed by atoms with Crippen LogP contribution in [0, 0.1) is 41.4 Å². The Labute approximate surface area is 170 Å². The summed E-state index contributed by atoms with van der Waals surface area (Å²) in [5, 5.41) is 4.37. The molecule has 4 aliphatic carbocycles. The summed E-state index contributed by atoms with van der Waals surface area (Å²) in [6.07, 6.45) is 15.9. The molecule has 0 radical (unpaired) electrons. The Bertz CT molecular complexity index is 836. The van der Waals surface area contributed by atoms with Gasteiger partial charge in [-0.2, -0.15) is 5.10 Å². The third kappa shape index (κ3) is 2.47. The molecule has 4 aliphatic rings. The molecule has 0 amide bonds. The van der Waals surface area contributed by atoms with Crippen molar-refractivity contribution in [3.05, 3.63) is 23.0 Å². The molecule has 0 N–H and O–H groups in total. The molecule has 4 fully saturated rings. The number of hydrogen-bond acceptors (Lipinski definition) is 2. The monoisotopic (exact) mass is 380 g/mol. The molecule has 5 rings (SSSR count). The Morgan fingerprint density at radius 3 is 2.68 bits per heavy atom. The Hall–Kier alpha value is -1.38. The second-order valence-electron chi connectivity index (χ2n) is 10.9. The minimum atomic E-state index is -0.124. The van der Waals surface area contributed by atoms with Gasteiger partial charge in [-0.25, -0.2) is 0 Å². The Balaban J connectivity index is 1.47. The SMILES string of the molecule is Cc1c(/C=C2/C[C@H]3[C@@H]4CC[C@H]5CCCC[C@]5(C)[C@H]4CC[C@]3(C)C2=O)cnn1C. The lowest BCUT2D eigenvalue weighted by atomic mass is 9.45. The first-order valence-corrected chi connectivity index (χ1v) is 11.6. The van der Waals surface area contributed by atoms with Crippen LogP contribution in [0.3, 0.4) is 0 Å². The standard InChI is InChI=1S/C25H36N2O/c1-16-18(15-26-27(16)4)13-17-14-22-20-9-8-19-7-5-6-11-24(19,2)21(20)10-12-25(22,3)23(17)28/h13,15,19-22H,5-12,14H2,1-4H3/b17-13-/t19-,20-,21+,22+,24+,25+/m1/s1. The van der Waals surface area contributed by atoms with Gasteiger partial charge in [0.1, 0.15) is 0 Å². The number of carbonyl (C=O) groups excluding carboxylic acids is 1. The number of ketones is 1. The van der Waals surface area contributed by atoms with Crippen LogP contribution >= 0.6 is 0 Å². The zero-order valence-corrected chi connectivity index (χ0v) is 18.1. The van der Waals surface area contributed by atoms with Crippen LogP contribution in [-0.4, -0.2) is 15.6 Å². The van der Waals surface area contributed by atoms with Crippen LogP contribution < -0.4 is 0 Å². The van der Waals surface area contributed by atoms with Crippen molar-refractivity contribution in [3.8, 4) is 0 Å². The summed E-state index contributed by atoms with van der Waals surface area (Å²) in [4.78, 5) is 13.5. The molecule has 0 saturated heterocycles. The third-order valence-corrected chi connectivity index (χ3v) is 9.83. The molecular formula is C25H36N2O. The van der Waals surface area contributed by atoms with Gasteiger partial charge < -0.3 is 0 Å². The first kappa shape index (κ1) is 18.6. The summed E-state index contributed by atoms with van der Waals surface area (Å²) in [5.74, 6) is 3.54. The van der Waals surface area contributed by atoms with Gasteiger partial charge in [-0.15, -0.1) is 0 Å². The quantitative estimate of drug-likeness (QED) is 0.584. The highest BCUT2D eigenvalue weighted by molar-refractivity contribution is 6.06. The van der Waals surface area contributed by atoms with Crippen LogP contribution in [0.2, 0.25) is 0 Å². The van der Waals surface area contributed by atoms with E-state index in [9.17, 15) is 4.79 Å². The first-order chi connectivity index (χ1) is 13.3. The molecular weight excluding hydrogens is 344 g/mol. The van der Waals surface area contributed by atoms with E-state index in [1.807, 2.05) is 17.9 Å². The first-order valence-electron chi connectivity index (χ1n) is 11.6. The lowest BCUT2D eigenvalue weighted by Crippen LogP contribution is -2.52. The fourth-order valence-corrected chi connectivity index (χ4v) is 7.94. The lowest BCUT2D eigenvalue weighted by molar-refractivity contribution is -0.137. The number of nitrogens with zero attached hydrogens (tertiary/aromatic N) is 2. The average molecular weight is 381 g/mol. The van der Waals surface area contributed by atoms with E-state index < -0.39 is 0 Å². The molecule has 0 unspecified atom stereocenters. The van der Waals surface area contributed by atoms with E-state index in [1.165, 1.54) is 44.9 Å². The molecule has 6 atom stereocenters. The van der Waals surface area contributed by atoms with Crippen molar-refractivity contribution in [2.45, 2.75) is 78.6 Å². The summed E-state index contributed by atoms with van der Waals surface area (Å²) >= 11 is 0. The van der Waals surface area contributed by atoms with E-state index in [1.54, 1.807) is 0 Å². The second-order valence-corrected chi connectivity index (χ2v) is 10.9. The summed E-state index contributed by atoms with van der Waals surface area (Å²) < 4.78 is 1.90. The van der Waals surface area contributed by atoms with Crippen molar-refractivity contribution in [1.29, 1.82) is 0 Å². The molecule has 0 aromatic carbocycles. The minimum absolute atomic E-state index is 0.124. The van der Waals surface area contributed by atoms with Crippen LogP contribution in [0.5, 0.6) is 0 Å². The van der Waals surface area contributed by atoms with Crippen LogP contribution in [-0.2, 0) is 11.8 Å². The van der Waals surface area contributed by atoms with E-state index >= 15 is 0 Å². The van der Waals surface area contributed by atoms with Gasteiger partial charge in [0, 0.05) is 23.7 Å². The molecule has 1 heterocycles. The van der Waals surface area contributed by atoms with E-state index in [4.69, 9.17) is 0 Å². The molecule has 1 aromatic rings. The Kier molecular flexibility index (Phi) is 4.20. The zero-order chi connectivity index (χ0) is 19.7. The maximum atomic E-state index is 13.5. The number of Topliss-reactive ketones (excluding diaryl/α,β-unsaturated/α-hetero) is 1. The molecule has 28 heavy (non-hydrogen) atoms. The van der Waals surface area contributed by atoms with E-state index in [0.29, 0.717) is 17.1 Å². The molecule has 1 aromatic heterocycles. The molecule has 3 heteroatoms. The number of fused-ring (bicyclic) bond motifs is 5. The topological polar surface area (TPSA) is 34.9 Å². The van der Waals surface area contributed by atoms with Crippen molar-refractivity contribution in [3.63, 3.8) is 0 Å². The largest absolute Gasteiger partial charge is 0.294 e. The van der Waals surface area contributed by atoms with E-state index in [0.717, 1.165) is 47.4 Å². The molecule has 152 valence electrons. The Morgan fingerprint density at radius 2 is 1.93 bits per heavy atom. The van der Waals surface area contributed by atoms with Gasteiger partial charge >= 0.3 is 0 Å². The number of rotatable bonds is 1. The lowest BCUT2D eigenvalue weighted by Gasteiger charge is -2.59. The number of hydrogen-bond donors (Lipinski definition) is 0. The molecule has 0 aliphatic heterocycles. The number of aryl methyl sites for hydroxylation is 1. The Morgan fingerprint density at radius 1 is 1.11 bits per heavy atom. The van der Waals surface area contributed by atoms with Gasteiger partial charge in [-0.1, -0.05) is 26.7 Å². The van der Waals surface area contributed by atoms with E-state index in [-0.39, 0.29) is 5.41 Å². The summed E-state index contributed by atoms with van der Waals surface area (Å²) in [5.41, 5.74) is 3.75. The van der Waals surface area contributed by atoms with Gasteiger partial charge in [0.05, 0.1) is 6.20 Å². The summed E-state index contributed by atoms with van der Waals surface area (Å²) in [6, 6.07) is 0. The van der Waals surface area contributed by atoms with E-state index in [2.05, 4.69) is 31.9 Å². The second kappa shape index (κ2) is 6.31. The van der Waals surface area contributed by atoms with Crippen LogP contribution in [0.15, 0.2) is 11.8 Å². The highest BCUT2D eigenvalue weighted by Crippen LogP contribution is 2.66. The van der Waals surface area contributed by atoms with Crippen LogP contribution in [0.25, 0.3) is 6.08 Å². The maximum Gasteiger partial charge on any atom is 0.165 e. The van der Waals surface area contributed by atoms with Crippen molar-refractivity contribution in [2.75, 3.05) is 0 Å². The predicted octanol–water partition coefficient (Wildman–Crippen LogP) is 5.72. The highest BCUT2D eigenvalue weighted by Gasteiger charge is 2.60. The highest BCUT2D eigenvalue weighted by atomic mass is 16.1. The summed E-state index contributed by atoms with van der Waals surface area (Å²) in [7, 11) is 1.98. The predicted molar refractivity (Wildman–Crippen MR) is 113 cm³/mol. The zero-order valence-electron chi connectivity index (χ0n) is 18.1. The fraction of sp³-hybridized carbons (Fsp3) is 0.760. The van der Waals surface area contributed by atoms with Crippen molar-refractivity contribution >= 4 is 11.9 Å². The molecule has 0 bridgehead atoms. The average Bonchev–Trinajstić information content (AvgIpc) is 3.13. The van der Waals surface area contributed by atoms with Crippen molar-refractivity contribution in [1.82, 2.24) is 9.78 Å². The normalized spacial score (nSPS) is 44.3. The number of allylic oxidation sites excluding steroid dienone is 1. The van der Waals surface area contributed by atoms with Crippen LogP contribution in [0.4, 0.5) is 0 Å². The third-order valence-electron chi connectivity index (χ3n) is 9.83. The van der Waals surface area contributed by atoms with Gasteiger partial charge in [-0.05, 0) is 92.6 Å². The molecule has 3 nitrogen and oxygen atoms in total. The fourth-order valence-electron chi connectivity index (χ4n) is 7.94. The molecule has 0 spiro atoms. The summed E-state index contributed by atoms with van der Waals surface area (Å²) in [6.45, 7) is 7.00. The van der Waals surface area contributed by atoms with Gasteiger partial charge in [0.2, 0.25) is 0 Å². The van der Waals surface area contributed by atoms with Crippen molar-refractivity contribution in [2.24, 2.45) is 41.5 Å². The molecule has 4 saturated carbocycles. The van der Waals surface area contributed by atoms with Crippen molar-refractivity contribution < 1.29 is 4.79 Å². The minimum Gasteiger partial charge on any atom is -0.294 e. The number of aromatic nitrogens is 2. The smallest absolute Gasteiger partial charge is 0.165 e.